The molecule has 3 rings (SSSR count). The van der Waals surface area contributed by atoms with Gasteiger partial charge in [0.1, 0.15) is 6.10 Å². The molecule has 180 valence electrons. The number of rotatable bonds is 7. The number of hydrogen-bond acceptors (Lipinski definition) is 5. The fourth-order valence-electron chi connectivity index (χ4n) is 4.12. The van der Waals surface area contributed by atoms with E-state index in [1.165, 1.54) is 0 Å². The van der Waals surface area contributed by atoms with Crippen molar-refractivity contribution in [3.63, 3.8) is 0 Å². The number of para-hydroxylation sites is 1. The van der Waals surface area contributed by atoms with Crippen molar-refractivity contribution in [2.45, 2.75) is 32.5 Å². The fourth-order valence-corrected chi connectivity index (χ4v) is 4.44. The minimum absolute atomic E-state index is 0.0441. The lowest BCUT2D eigenvalue weighted by Gasteiger charge is -2.39. The van der Waals surface area contributed by atoms with E-state index in [0.29, 0.717) is 41.0 Å². The van der Waals surface area contributed by atoms with Crippen molar-refractivity contribution in [2.24, 2.45) is 5.92 Å². The van der Waals surface area contributed by atoms with Crippen LogP contribution in [0.2, 0.25) is 10.0 Å². The van der Waals surface area contributed by atoms with Crippen LogP contribution in [0.1, 0.15) is 29.8 Å². The number of fused-ring (bicyclic) bond motifs is 1. The number of anilines is 1. The van der Waals surface area contributed by atoms with Gasteiger partial charge < -0.3 is 19.6 Å². The zero-order valence-electron chi connectivity index (χ0n) is 19.9. The molecular formula is C25H33Cl2N3O3. The fraction of sp³-hybridized carbons (Fsp3) is 0.480. The lowest BCUT2D eigenvalue weighted by molar-refractivity contribution is 0.0343. The number of aliphatic hydroxyl groups excluding tert-OH is 1. The second-order valence-corrected chi connectivity index (χ2v) is 9.93. The van der Waals surface area contributed by atoms with Crippen LogP contribution in [0.3, 0.4) is 0 Å². The smallest absolute Gasteiger partial charge is 0.258 e. The van der Waals surface area contributed by atoms with Crippen molar-refractivity contribution < 1.29 is 14.6 Å². The standard InChI is InChI=1S/C25H33Cl2N3O3/c1-16-12-30(17(2)15-31)25(32)19-7-6-8-22(28(3)4)24(19)33-23(16)14-29(5)13-18-9-10-20(26)21(27)11-18/h6-11,16-17,23,31H,12-15H2,1-5H3/t16-,17+,23-/m1/s1. The van der Waals surface area contributed by atoms with Crippen LogP contribution in [0.15, 0.2) is 36.4 Å². The first kappa shape index (κ1) is 25.6. The van der Waals surface area contributed by atoms with Gasteiger partial charge >= 0.3 is 0 Å². The Morgan fingerprint density at radius 1 is 1.18 bits per heavy atom. The van der Waals surface area contributed by atoms with E-state index in [4.69, 9.17) is 27.9 Å². The van der Waals surface area contributed by atoms with E-state index in [0.717, 1.165) is 11.3 Å². The van der Waals surface area contributed by atoms with Gasteiger partial charge in [0, 0.05) is 39.6 Å². The van der Waals surface area contributed by atoms with Crippen LogP contribution in [-0.2, 0) is 6.54 Å². The second kappa shape index (κ2) is 11.0. The Labute approximate surface area is 206 Å². The largest absolute Gasteiger partial charge is 0.486 e. The van der Waals surface area contributed by atoms with Crippen LogP contribution in [0.5, 0.6) is 5.75 Å². The SMILES string of the molecule is C[C@@H]1CN([C@@H](C)CO)C(=O)c2cccc(N(C)C)c2O[C@@H]1CN(C)Cc1ccc(Cl)c(Cl)c1. The van der Waals surface area contributed by atoms with Gasteiger partial charge in [0.05, 0.1) is 33.9 Å². The minimum atomic E-state index is -0.288. The van der Waals surface area contributed by atoms with Gasteiger partial charge in [-0.2, -0.15) is 0 Å². The summed E-state index contributed by atoms with van der Waals surface area (Å²) in [6.07, 6.45) is -0.167. The third-order valence-electron chi connectivity index (χ3n) is 6.08. The van der Waals surface area contributed by atoms with Crippen LogP contribution < -0.4 is 9.64 Å². The van der Waals surface area contributed by atoms with Gasteiger partial charge in [-0.1, -0.05) is 42.3 Å². The summed E-state index contributed by atoms with van der Waals surface area (Å²) in [7, 11) is 5.91. The number of hydrogen-bond donors (Lipinski definition) is 1. The molecule has 1 amide bonds. The number of halogens is 2. The molecule has 0 aromatic heterocycles. The lowest BCUT2D eigenvalue weighted by Crippen LogP contribution is -2.49. The van der Waals surface area contributed by atoms with E-state index in [2.05, 4.69) is 11.8 Å². The van der Waals surface area contributed by atoms with Crippen LogP contribution in [0.4, 0.5) is 5.69 Å². The number of amides is 1. The van der Waals surface area contributed by atoms with Crippen molar-refractivity contribution in [1.82, 2.24) is 9.80 Å². The molecule has 6 nitrogen and oxygen atoms in total. The highest BCUT2D eigenvalue weighted by Gasteiger charge is 2.34. The highest BCUT2D eigenvalue weighted by atomic mass is 35.5. The van der Waals surface area contributed by atoms with Gasteiger partial charge in [0.2, 0.25) is 0 Å². The molecule has 2 aromatic carbocycles. The van der Waals surface area contributed by atoms with E-state index in [-0.39, 0.29) is 30.6 Å². The molecule has 1 aliphatic heterocycles. The molecule has 0 radical (unpaired) electrons. The molecule has 0 saturated heterocycles. The number of aliphatic hydroxyl groups is 1. The van der Waals surface area contributed by atoms with Gasteiger partial charge in [-0.05, 0) is 43.8 Å². The van der Waals surface area contributed by atoms with Gasteiger partial charge in [-0.15, -0.1) is 0 Å². The van der Waals surface area contributed by atoms with E-state index in [1.54, 1.807) is 17.0 Å². The van der Waals surface area contributed by atoms with Gasteiger partial charge in [-0.25, -0.2) is 0 Å². The molecule has 0 unspecified atom stereocenters. The zero-order valence-corrected chi connectivity index (χ0v) is 21.4. The number of ether oxygens (including phenoxy) is 1. The van der Waals surface area contributed by atoms with Crippen LogP contribution in [0, 0.1) is 5.92 Å². The maximum absolute atomic E-state index is 13.4. The Morgan fingerprint density at radius 3 is 2.55 bits per heavy atom. The van der Waals surface area contributed by atoms with Crippen LogP contribution >= 0.6 is 23.2 Å². The Morgan fingerprint density at radius 2 is 1.91 bits per heavy atom. The zero-order chi connectivity index (χ0) is 24.3. The molecule has 3 atom stereocenters. The highest BCUT2D eigenvalue weighted by molar-refractivity contribution is 6.42. The molecule has 33 heavy (non-hydrogen) atoms. The molecule has 1 heterocycles. The molecule has 2 aromatic rings. The van der Waals surface area contributed by atoms with Gasteiger partial charge in [0.25, 0.3) is 5.91 Å². The third kappa shape index (κ3) is 5.93. The van der Waals surface area contributed by atoms with E-state index in [9.17, 15) is 9.90 Å². The topological polar surface area (TPSA) is 56.3 Å². The molecule has 0 spiro atoms. The van der Waals surface area contributed by atoms with Gasteiger partial charge in [-0.3, -0.25) is 9.69 Å². The number of benzene rings is 2. The molecule has 0 bridgehead atoms. The summed E-state index contributed by atoms with van der Waals surface area (Å²) in [6, 6.07) is 11.0. The maximum Gasteiger partial charge on any atom is 0.258 e. The molecule has 1 aliphatic rings. The first-order valence-electron chi connectivity index (χ1n) is 11.1. The quantitative estimate of drug-likeness (QED) is 0.618. The van der Waals surface area contributed by atoms with E-state index < -0.39 is 0 Å². The minimum Gasteiger partial charge on any atom is -0.486 e. The van der Waals surface area contributed by atoms with Crippen molar-refractivity contribution in [1.29, 1.82) is 0 Å². The van der Waals surface area contributed by atoms with Crippen molar-refractivity contribution in [3.05, 3.63) is 57.6 Å². The Balaban J connectivity index is 1.92. The summed E-state index contributed by atoms with van der Waals surface area (Å²) in [5.41, 5.74) is 2.43. The molecule has 0 saturated carbocycles. The Hall–Kier alpha value is -1.99. The molecule has 8 heteroatoms. The van der Waals surface area contributed by atoms with Crippen LogP contribution in [-0.4, -0.2) is 73.8 Å². The third-order valence-corrected chi connectivity index (χ3v) is 6.82. The number of carbonyl (C=O) groups excluding carboxylic acids is 1. The maximum atomic E-state index is 13.4. The summed E-state index contributed by atoms with van der Waals surface area (Å²) in [5, 5.41) is 10.9. The molecule has 1 N–H and O–H groups in total. The number of carbonyl (C=O) groups is 1. The molecule has 0 aliphatic carbocycles. The van der Waals surface area contributed by atoms with Gasteiger partial charge in [0.15, 0.2) is 5.75 Å². The molecular weight excluding hydrogens is 461 g/mol. The summed E-state index contributed by atoms with van der Waals surface area (Å²) in [4.78, 5) is 19.3. The van der Waals surface area contributed by atoms with Crippen molar-refractivity contribution in [3.8, 4) is 5.75 Å². The summed E-state index contributed by atoms with van der Waals surface area (Å²) in [5.74, 6) is 0.509. The summed E-state index contributed by atoms with van der Waals surface area (Å²) >= 11 is 12.2. The second-order valence-electron chi connectivity index (χ2n) is 9.12. The van der Waals surface area contributed by atoms with Crippen molar-refractivity contribution >= 4 is 34.8 Å². The first-order chi connectivity index (χ1) is 15.6. The average molecular weight is 494 g/mol. The van der Waals surface area contributed by atoms with E-state index >= 15 is 0 Å². The van der Waals surface area contributed by atoms with Crippen LogP contribution in [0.25, 0.3) is 0 Å². The number of nitrogens with zero attached hydrogens (tertiary/aromatic N) is 3. The van der Waals surface area contributed by atoms with Crippen molar-refractivity contribution in [2.75, 3.05) is 45.7 Å². The number of likely N-dealkylation sites (N-methyl/N-ethyl adjacent to an activating group) is 1. The predicted octanol–water partition coefficient (Wildman–Crippen LogP) is 4.41. The summed E-state index contributed by atoms with van der Waals surface area (Å²) < 4.78 is 6.58. The summed E-state index contributed by atoms with van der Waals surface area (Å²) in [6.45, 7) is 5.69. The first-order valence-corrected chi connectivity index (χ1v) is 11.9. The average Bonchev–Trinajstić information content (AvgIpc) is 2.77. The Kier molecular flexibility index (Phi) is 8.51. The monoisotopic (exact) mass is 493 g/mol. The molecule has 0 fully saturated rings. The van der Waals surface area contributed by atoms with E-state index in [1.807, 2.05) is 57.2 Å². The Bertz CT molecular complexity index is 985. The lowest BCUT2D eigenvalue weighted by atomic mass is 9.98. The highest BCUT2D eigenvalue weighted by Crippen LogP contribution is 2.36. The normalized spacial score (nSPS) is 19.5. The predicted molar refractivity (Wildman–Crippen MR) is 135 cm³/mol.